The summed E-state index contributed by atoms with van der Waals surface area (Å²) in [6, 6.07) is 6.06. The van der Waals surface area contributed by atoms with Gasteiger partial charge in [0.05, 0.1) is 19.3 Å². The van der Waals surface area contributed by atoms with E-state index in [-0.39, 0.29) is 0 Å². The number of hydrogen-bond acceptors (Lipinski definition) is 3. The van der Waals surface area contributed by atoms with Crippen LogP contribution in [0.4, 0.5) is 0 Å². The van der Waals surface area contributed by atoms with Gasteiger partial charge in [0.2, 0.25) is 0 Å². The predicted molar refractivity (Wildman–Crippen MR) is 79.3 cm³/mol. The Labute approximate surface area is 123 Å². The van der Waals surface area contributed by atoms with E-state index in [0.29, 0.717) is 19.3 Å². The highest BCUT2D eigenvalue weighted by molar-refractivity contribution is 9.08. The second kappa shape index (κ2) is 7.75. The van der Waals surface area contributed by atoms with Crippen molar-refractivity contribution in [1.29, 1.82) is 0 Å². The molecule has 1 aromatic rings. The highest BCUT2D eigenvalue weighted by Gasteiger charge is 2.15. The van der Waals surface area contributed by atoms with E-state index in [1.165, 1.54) is 12.0 Å². The molecule has 1 saturated heterocycles. The van der Waals surface area contributed by atoms with Gasteiger partial charge in [-0.05, 0) is 37.5 Å². The maximum absolute atomic E-state index is 5.83. The zero-order chi connectivity index (χ0) is 13.5. The largest absolute Gasteiger partial charge is 0.490 e. The second-order valence-electron chi connectivity index (χ2n) is 4.62. The van der Waals surface area contributed by atoms with Gasteiger partial charge in [-0.15, -0.1) is 0 Å². The molecule has 1 fully saturated rings. The SMILES string of the molecule is CCOc1cc(CBr)ccc1OCCC1CCCO1. The van der Waals surface area contributed by atoms with Crippen LogP contribution in [0, 0.1) is 0 Å². The van der Waals surface area contributed by atoms with Gasteiger partial charge >= 0.3 is 0 Å². The van der Waals surface area contributed by atoms with Crippen LogP contribution in [0.15, 0.2) is 18.2 Å². The molecular formula is C15H21BrO3. The zero-order valence-corrected chi connectivity index (χ0v) is 12.9. The minimum absolute atomic E-state index is 0.373. The van der Waals surface area contributed by atoms with E-state index in [9.17, 15) is 0 Å². The monoisotopic (exact) mass is 328 g/mol. The van der Waals surface area contributed by atoms with Crippen LogP contribution in [0.25, 0.3) is 0 Å². The summed E-state index contributed by atoms with van der Waals surface area (Å²) < 4.78 is 17.0. The predicted octanol–water partition coefficient (Wildman–Crippen LogP) is 3.93. The molecule has 106 valence electrons. The number of ether oxygens (including phenoxy) is 3. The van der Waals surface area contributed by atoms with E-state index >= 15 is 0 Å². The molecule has 0 radical (unpaired) electrons. The smallest absolute Gasteiger partial charge is 0.161 e. The van der Waals surface area contributed by atoms with Gasteiger partial charge in [-0.25, -0.2) is 0 Å². The van der Waals surface area contributed by atoms with Gasteiger partial charge in [-0.3, -0.25) is 0 Å². The van der Waals surface area contributed by atoms with Crippen LogP contribution in [0.1, 0.15) is 31.7 Å². The Morgan fingerprint density at radius 3 is 2.89 bits per heavy atom. The summed E-state index contributed by atoms with van der Waals surface area (Å²) in [6.45, 7) is 4.21. The average molecular weight is 329 g/mol. The van der Waals surface area contributed by atoms with Crippen molar-refractivity contribution < 1.29 is 14.2 Å². The third-order valence-electron chi connectivity index (χ3n) is 3.18. The summed E-state index contributed by atoms with van der Waals surface area (Å²) in [7, 11) is 0. The Kier molecular flexibility index (Phi) is 5.98. The lowest BCUT2D eigenvalue weighted by molar-refractivity contribution is 0.0897. The summed E-state index contributed by atoms with van der Waals surface area (Å²) in [5.74, 6) is 1.65. The van der Waals surface area contributed by atoms with E-state index < -0.39 is 0 Å². The summed E-state index contributed by atoms with van der Waals surface area (Å²) in [5, 5.41) is 0.823. The molecule has 0 bridgehead atoms. The molecule has 0 N–H and O–H groups in total. The van der Waals surface area contributed by atoms with Crippen molar-refractivity contribution in [3.8, 4) is 11.5 Å². The second-order valence-corrected chi connectivity index (χ2v) is 5.18. The van der Waals surface area contributed by atoms with Gasteiger partial charge < -0.3 is 14.2 Å². The molecule has 0 spiro atoms. The minimum atomic E-state index is 0.373. The summed E-state index contributed by atoms with van der Waals surface area (Å²) in [4.78, 5) is 0. The van der Waals surface area contributed by atoms with Gasteiger partial charge in [0.15, 0.2) is 11.5 Å². The molecule has 4 heteroatoms. The van der Waals surface area contributed by atoms with Crippen molar-refractivity contribution in [1.82, 2.24) is 0 Å². The number of rotatable bonds is 7. The van der Waals surface area contributed by atoms with Crippen molar-refractivity contribution in [3.05, 3.63) is 23.8 Å². The number of alkyl halides is 1. The van der Waals surface area contributed by atoms with Crippen molar-refractivity contribution in [2.45, 2.75) is 37.6 Å². The molecule has 1 heterocycles. The molecule has 0 aromatic heterocycles. The number of benzene rings is 1. The molecule has 0 saturated carbocycles. The van der Waals surface area contributed by atoms with Crippen LogP contribution in [0.5, 0.6) is 11.5 Å². The lowest BCUT2D eigenvalue weighted by Crippen LogP contribution is -2.11. The fourth-order valence-electron chi connectivity index (χ4n) is 2.20. The highest BCUT2D eigenvalue weighted by Crippen LogP contribution is 2.29. The lowest BCUT2D eigenvalue weighted by Gasteiger charge is -2.14. The topological polar surface area (TPSA) is 27.7 Å². The molecule has 2 rings (SSSR count). The maximum atomic E-state index is 5.83. The van der Waals surface area contributed by atoms with Crippen LogP contribution in [-0.4, -0.2) is 25.9 Å². The van der Waals surface area contributed by atoms with Gasteiger partial charge in [0.1, 0.15) is 0 Å². The summed E-state index contributed by atoms with van der Waals surface area (Å²) in [6.07, 6.45) is 3.66. The third kappa shape index (κ3) is 4.39. The standard InChI is InChI=1S/C15H21BrO3/c1-2-17-15-10-12(11-16)5-6-14(15)19-9-7-13-4-3-8-18-13/h5-6,10,13H,2-4,7-9,11H2,1H3. The fourth-order valence-corrected chi connectivity index (χ4v) is 2.54. The van der Waals surface area contributed by atoms with Crippen molar-refractivity contribution in [3.63, 3.8) is 0 Å². The van der Waals surface area contributed by atoms with Gasteiger partial charge in [-0.2, -0.15) is 0 Å². The van der Waals surface area contributed by atoms with Crippen molar-refractivity contribution >= 4 is 15.9 Å². The Morgan fingerprint density at radius 2 is 2.21 bits per heavy atom. The van der Waals surface area contributed by atoms with Crippen LogP contribution < -0.4 is 9.47 Å². The van der Waals surface area contributed by atoms with Crippen molar-refractivity contribution in [2.24, 2.45) is 0 Å². The van der Waals surface area contributed by atoms with E-state index in [4.69, 9.17) is 14.2 Å². The molecule has 19 heavy (non-hydrogen) atoms. The van der Waals surface area contributed by atoms with Crippen LogP contribution in [-0.2, 0) is 10.1 Å². The first kappa shape index (κ1) is 14.7. The molecule has 1 aliphatic rings. The van der Waals surface area contributed by atoms with E-state index in [1.54, 1.807) is 0 Å². The molecule has 1 unspecified atom stereocenters. The Morgan fingerprint density at radius 1 is 1.32 bits per heavy atom. The third-order valence-corrected chi connectivity index (χ3v) is 3.83. The quantitative estimate of drug-likeness (QED) is 0.710. The van der Waals surface area contributed by atoms with Crippen molar-refractivity contribution in [2.75, 3.05) is 19.8 Å². The Bertz CT molecular complexity index is 389. The first-order valence-electron chi connectivity index (χ1n) is 6.89. The molecule has 1 aliphatic heterocycles. The van der Waals surface area contributed by atoms with E-state index in [2.05, 4.69) is 22.0 Å². The van der Waals surface area contributed by atoms with E-state index in [0.717, 1.165) is 36.3 Å². The summed E-state index contributed by atoms with van der Waals surface area (Å²) in [5.41, 5.74) is 1.19. The van der Waals surface area contributed by atoms with Gasteiger partial charge in [0, 0.05) is 18.4 Å². The highest BCUT2D eigenvalue weighted by atomic mass is 79.9. The summed E-state index contributed by atoms with van der Waals surface area (Å²) >= 11 is 3.45. The molecule has 1 aromatic carbocycles. The number of halogens is 1. The normalized spacial score (nSPS) is 18.5. The Hall–Kier alpha value is -0.740. The van der Waals surface area contributed by atoms with Crippen LogP contribution in [0.3, 0.4) is 0 Å². The molecule has 0 aliphatic carbocycles. The average Bonchev–Trinajstić information content (AvgIpc) is 2.94. The fraction of sp³-hybridized carbons (Fsp3) is 0.600. The van der Waals surface area contributed by atoms with Crippen LogP contribution in [0.2, 0.25) is 0 Å². The number of hydrogen-bond donors (Lipinski definition) is 0. The van der Waals surface area contributed by atoms with E-state index in [1.807, 2.05) is 19.1 Å². The van der Waals surface area contributed by atoms with Gasteiger partial charge in [0.25, 0.3) is 0 Å². The Balaban J connectivity index is 1.90. The first-order valence-corrected chi connectivity index (χ1v) is 8.01. The molecule has 3 nitrogen and oxygen atoms in total. The first-order chi connectivity index (χ1) is 9.33. The maximum Gasteiger partial charge on any atom is 0.161 e. The van der Waals surface area contributed by atoms with Crippen LogP contribution >= 0.6 is 15.9 Å². The van der Waals surface area contributed by atoms with Gasteiger partial charge in [-0.1, -0.05) is 22.0 Å². The minimum Gasteiger partial charge on any atom is -0.490 e. The molecular weight excluding hydrogens is 308 g/mol. The molecule has 1 atom stereocenters. The lowest BCUT2D eigenvalue weighted by atomic mass is 10.2. The zero-order valence-electron chi connectivity index (χ0n) is 11.4. The molecule has 0 amide bonds.